The lowest BCUT2D eigenvalue weighted by molar-refractivity contribution is -0.137. The SMILES string of the molecule is CCSc1cc(C(F)(F)F)ccc1-c1nc2cc(I)cnc2s1. The van der Waals surface area contributed by atoms with Gasteiger partial charge in [0.1, 0.15) is 15.4 Å². The molecule has 3 rings (SSSR count). The number of nitrogens with zero attached hydrogens (tertiary/aromatic N) is 2. The fraction of sp³-hybridized carbons (Fsp3) is 0.200. The van der Waals surface area contributed by atoms with Crippen molar-refractivity contribution in [2.75, 3.05) is 5.75 Å². The fourth-order valence-electron chi connectivity index (χ4n) is 2.06. The molecule has 0 atom stereocenters. The Morgan fingerprint density at radius 2 is 2.04 bits per heavy atom. The minimum Gasteiger partial charge on any atom is -0.243 e. The van der Waals surface area contributed by atoms with E-state index in [0.29, 0.717) is 15.7 Å². The lowest BCUT2D eigenvalue weighted by atomic mass is 10.1. The number of hydrogen-bond acceptors (Lipinski definition) is 4. The predicted octanol–water partition coefficient (Wildman–Crippen LogP) is 6.09. The Kier molecular flexibility index (Phi) is 4.84. The molecule has 0 N–H and O–H groups in total. The molecule has 2 heterocycles. The second-order valence-corrected chi connectivity index (χ2v) is 8.17. The molecular formula is C15H10F3IN2S2. The molecule has 2 aromatic heterocycles. The lowest BCUT2D eigenvalue weighted by Gasteiger charge is -2.11. The van der Waals surface area contributed by atoms with E-state index in [4.69, 9.17) is 0 Å². The molecule has 0 fully saturated rings. The molecule has 0 unspecified atom stereocenters. The maximum atomic E-state index is 12.9. The summed E-state index contributed by atoms with van der Waals surface area (Å²) in [6.07, 6.45) is -2.59. The number of thiazole rings is 1. The van der Waals surface area contributed by atoms with Gasteiger partial charge in [-0.05, 0) is 46.5 Å². The molecule has 0 amide bonds. The van der Waals surface area contributed by atoms with Crippen LogP contribution in [0.2, 0.25) is 0 Å². The first kappa shape index (κ1) is 17.0. The summed E-state index contributed by atoms with van der Waals surface area (Å²) in [4.78, 5) is 10.2. The Hall–Kier alpha value is -0.870. The van der Waals surface area contributed by atoms with E-state index >= 15 is 0 Å². The van der Waals surface area contributed by atoms with Crippen molar-refractivity contribution in [3.05, 3.63) is 39.6 Å². The quantitative estimate of drug-likeness (QED) is 0.345. The fourth-order valence-corrected chi connectivity index (χ4v) is 4.33. The van der Waals surface area contributed by atoms with Gasteiger partial charge >= 0.3 is 6.18 Å². The van der Waals surface area contributed by atoms with Crippen LogP contribution in [-0.2, 0) is 6.18 Å². The second kappa shape index (κ2) is 6.56. The van der Waals surface area contributed by atoms with Crippen LogP contribution in [0, 0.1) is 3.57 Å². The number of benzene rings is 1. The zero-order chi connectivity index (χ0) is 16.6. The first-order valence-corrected chi connectivity index (χ1v) is 9.53. The highest BCUT2D eigenvalue weighted by atomic mass is 127. The number of hydrogen-bond donors (Lipinski definition) is 0. The molecule has 0 spiro atoms. The van der Waals surface area contributed by atoms with Crippen molar-refractivity contribution >= 4 is 56.0 Å². The average Bonchev–Trinajstić information content (AvgIpc) is 2.89. The van der Waals surface area contributed by atoms with Gasteiger partial charge in [0.15, 0.2) is 0 Å². The third-order valence-corrected chi connectivity index (χ3v) is 5.59. The van der Waals surface area contributed by atoms with Crippen LogP contribution in [0.15, 0.2) is 35.4 Å². The van der Waals surface area contributed by atoms with Gasteiger partial charge in [0.2, 0.25) is 0 Å². The molecular weight excluding hydrogens is 456 g/mol. The number of aromatic nitrogens is 2. The smallest absolute Gasteiger partial charge is 0.243 e. The van der Waals surface area contributed by atoms with Gasteiger partial charge in [0, 0.05) is 20.2 Å². The molecule has 8 heteroatoms. The van der Waals surface area contributed by atoms with E-state index in [1.54, 1.807) is 6.20 Å². The standard InChI is InChI=1S/C15H10F3IN2S2/c1-2-22-12-5-8(15(16,17)18)3-4-10(12)13-21-11-6-9(19)7-20-14(11)23-13/h3-7H,2H2,1H3. The van der Waals surface area contributed by atoms with Crippen LogP contribution in [0.5, 0.6) is 0 Å². The number of fused-ring (bicyclic) bond motifs is 1. The van der Waals surface area contributed by atoms with Crippen molar-refractivity contribution < 1.29 is 13.2 Å². The summed E-state index contributed by atoms with van der Waals surface area (Å²) in [5.41, 5.74) is 0.859. The van der Waals surface area contributed by atoms with E-state index < -0.39 is 11.7 Å². The van der Waals surface area contributed by atoms with Crippen molar-refractivity contribution in [2.24, 2.45) is 0 Å². The van der Waals surface area contributed by atoms with Gasteiger partial charge in [-0.25, -0.2) is 9.97 Å². The van der Waals surface area contributed by atoms with Gasteiger partial charge < -0.3 is 0 Å². The maximum absolute atomic E-state index is 12.9. The first-order valence-electron chi connectivity index (χ1n) is 6.65. The molecule has 3 aromatic rings. The summed E-state index contributed by atoms with van der Waals surface area (Å²) in [7, 11) is 0. The van der Waals surface area contributed by atoms with E-state index in [-0.39, 0.29) is 0 Å². The van der Waals surface area contributed by atoms with Crippen molar-refractivity contribution in [2.45, 2.75) is 18.0 Å². The molecule has 1 aromatic carbocycles. The van der Waals surface area contributed by atoms with E-state index in [9.17, 15) is 13.2 Å². The Morgan fingerprint density at radius 1 is 1.26 bits per heavy atom. The lowest BCUT2D eigenvalue weighted by Crippen LogP contribution is -2.05. The van der Waals surface area contributed by atoms with Crippen LogP contribution in [0.25, 0.3) is 20.9 Å². The molecule has 0 aliphatic heterocycles. The van der Waals surface area contributed by atoms with E-state index in [2.05, 4.69) is 32.6 Å². The third kappa shape index (κ3) is 3.63. The van der Waals surface area contributed by atoms with Crippen LogP contribution < -0.4 is 0 Å². The summed E-state index contributed by atoms with van der Waals surface area (Å²) in [6, 6.07) is 5.73. The highest BCUT2D eigenvalue weighted by Crippen LogP contribution is 2.39. The summed E-state index contributed by atoms with van der Waals surface area (Å²) in [6.45, 7) is 1.91. The maximum Gasteiger partial charge on any atom is 0.416 e. The number of rotatable bonds is 3. The van der Waals surface area contributed by atoms with Crippen molar-refractivity contribution in [3.63, 3.8) is 0 Å². The monoisotopic (exact) mass is 466 g/mol. The minimum atomic E-state index is -4.34. The van der Waals surface area contributed by atoms with E-state index in [1.165, 1.54) is 35.2 Å². The first-order chi connectivity index (χ1) is 10.9. The number of pyridine rings is 1. The molecule has 0 bridgehead atoms. The number of alkyl halides is 3. The molecule has 23 heavy (non-hydrogen) atoms. The molecule has 2 nitrogen and oxygen atoms in total. The normalized spacial score (nSPS) is 12.0. The molecule has 0 saturated carbocycles. The van der Waals surface area contributed by atoms with Crippen LogP contribution >= 0.6 is 45.7 Å². The van der Waals surface area contributed by atoms with Crippen LogP contribution in [0.1, 0.15) is 12.5 Å². The van der Waals surface area contributed by atoms with Crippen LogP contribution in [-0.4, -0.2) is 15.7 Å². The summed E-state index contributed by atoms with van der Waals surface area (Å²) in [5.74, 6) is 0.690. The average molecular weight is 466 g/mol. The number of thioether (sulfide) groups is 1. The van der Waals surface area contributed by atoms with Gasteiger partial charge in [-0.2, -0.15) is 13.2 Å². The molecule has 0 aliphatic rings. The largest absolute Gasteiger partial charge is 0.416 e. The van der Waals surface area contributed by atoms with Crippen LogP contribution in [0.3, 0.4) is 0 Å². The summed E-state index contributed by atoms with van der Waals surface area (Å²) >= 11 is 4.94. The van der Waals surface area contributed by atoms with Gasteiger partial charge in [-0.1, -0.05) is 24.3 Å². The van der Waals surface area contributed by atoms with Crippen molar-refractivity contribution in [1.29, 1.82) is 0 Å². The minimum absolute atomic E-state index is 0.594. The predicted molar refractivity (Wildman–Crippen MR) is 97.0 cm³/mol. The Morgan fingerprint density at radius 3 is 2.74 bits per heavy atom. The molecule has 120 valence electrons. The van der Waals surface area contributed by atoms with Gasteiger partial charge in [-0.15, -0.1) is 11.8 Å². The Balaban J connectivity index is 2.12. The summed E-state index contributed by atoms with van der Waals surface area (Å²) < 4.78 is 39.7. The highest BCUT2D eigenvalue weighted by molar-refractivity contribution is 14.1. The Labute approximate surface area is 152 Å². The van der Waals surface area contributed by atoms with Crippen molar-refractivity contribution in [1.82, 2.24) is 9.97 Å². The second-order valence-electron chi connectivity index (χ2n) is 4.64. The zero-order valence-corrected chi connectivity index (χ0v) is 15.6. The Bertz CT molecular complexity index is 862. The topological polar surface area (TPSA) is 25.8 Å². The van der Waals surface area contributed by atoms with Crippen molar-refractivity contribution in [3.8, 4) is 10.6 Å². The van der Waals surface area contributed by atoms with Crippen LogP contribution in [0.4, 0.5) is 13.2 Å². The van der Waals surface area contributed by atoms with Gasteiger partial charge in [0.05, 0.1) is 5.56 Å². The van der Waals surface area contributed by atoms with Gasteiger partial charge in [-0.3, -0.25) is 0 Å². The highest BCUT2D eigenvalue weighted by Gasteiger charge is 2.31. The summed E-state index contributed by atoms with van der Waals surface area (Å²) in [5, 5.41) is 0.694. The third-order valence-electron chi connectivity index (χ3n) is 3.05. The molecule has 0 saturated heterocycles. The van der Waals surface area contributed by atoms with E-state index in [1.807, 2.05) is 13.0 Å². The molecule has 0 radical (unpaired) electrons. The number of halogens is 4. The molecule has 0 aliphatic carbocycles. The van der Waals surface area contributed by atoms with E-state index in [0.717, 1.165) is 25.5 Å². The zero-order valence-electron chi connectivity index (χ0n) is 11.8. The van der Waals surface area contributed by atoms with Gasteiger partial charge in [0.25, 0.3) is 0 Å².